The standard InChI is InChI=1S/C56H99NO3/c1-3-5-7-9-11-13-15-17-19-21-23-25-26-27-28-29-30-32-33-35-37-39-41-43-45-47-49-51-55(59)54(53-58)57-56(60)52-50-48-46-44-42-40-38-36-34-31-24-22-20-18-16-14-12-10-8-6-4-2/h6,8,12,14,18,20,24,31,33,35,41,43,49,51,54-55,58-59H,3-5,7,9-11,13,15-17,19,21-23,25-30,32,34,36-40,42,44-48,50,52-53H2,1-2H3,(H,57,60)/b8-6-,14-12-,20-18-,31-24-,35-33+,43-41+,51-49+. The second-order valence-corrected chi connectivity index (χ2v) is 17.2. The molecule has 1 amide bonds. The van der Waals surface area contributed by atoms with Gasteiger partial charge in [-0.1, -0.05) is 240 Å². The van der Waals surface area contributed by atoms with Gasteiger partial charge in [0, 0.05) is 6.42 Å². The Morgan fingerprint density at radius 2 is 0.750 bits per heavy atom. The van der Waals surface area contributed by atoms with Crippen molar-refractivity contribution in [2.24, 2.45) is 0 Å². The molecule has 60 heavy (non-hydrogen) atoms. The molecule has 0 radical (unpaired) electrons. The second kappa shape index (κ2) is 50.9. The van der Waals surface area contributed by atoms with Gasteiger partial charge in [-0.15, -0.1) is 0 Å². The van der Waals surface area contributed by atoms with Crippen LogP contribution in [0, 0.1) is 0 Å². The Morgan fingerprint density at radius 3 is 1.17 bits per heavy atom. The summed E-state index contributed by atoms with van der Waals surface area (Å²) < 4.78 is 0. The minimum absolute atomic E-state index is 0.0884. The number of amides is 1. The number of allylic oxidation sites excluding steroid dienone is 13. The summed E-state index contributed by atoms with van der Waals surface area (Å²) in [5.41, 5.74) is 0. The van der Waals surface area contributed by atoms with E-state index in [-0.39, 0.29) is 12.5 Å². The molecular weight excluding hydrogens is 735 g/mol. The number of nitrogens with one attached hydrogen (secondary N) is 1. The zero-order valence-corrected chi connectivity index (χ0v) is 39.7. The average Bonchev–Trinajstić information content (AvgIpc) is 3.25. The first-order valence-electron chi connectivity index (χ1n) is 25.8. The maximum absolute atomic E-state index is 12.4. The van der Waals surface area contributed by atoms with E-state index in [2.05, 4.69) is 92.1 Å². The Morgan fingerprint density at radius 1 is 0.417 bits per heavy atom. The van der Waals surface area contributed by atoms with Crippen molar-refractivity contribution in [3.8, 4) is 0 Å². The number of unbranched alkanes of at least 4 members (excludes halogenated alkanes) is 27. The summed E-state index contributed by atoms with van der Waals surface area (Å²) in [4.78, 5) is 12.4. The minimum atomic E-state index is -0.879. The van der Waals surface area contributed by atoms with Crippen LogP contribution in [0.5, 0.6) is 0 Å². The molecule has 0 aliphatic heterocycles. The normalized spacial score (nSPS) is 13.6. The minimum Gasteiger partial charge on any atom is -0.394 e. The molecule has 0 aromatic carbocycles. The Balaban J connectivity index is 3.62. The van der Waals surface area contributed by atoms with E-state index in [1.165, 1.54) is 154 Å². The molecule has 0 saturated carbocycles. The van der Waals surface area contributed by atoms with E-state index in [0.717, 1.165) is 70.6 Å². The van der Waals surface area contributed by atoms with Crippen LogP contribution in [0.4, 0.5) is 0 Å². The van der Waals surface area contributed by atoms with Gasteiger partial charge in [-0.3, -0.25) is 4.79 Å². The van der Waals surface area contributed by atoms with Gasteiger partial charge < -0.3 is 15.5 Å². The molecule has 0 heterocycles. The third kappa shape index (κ3) is 46.6. The van der Waals surface area contributed by atoms with Gasteiger partial charge in [-0.25, -0.2) is 0 Å². The van der Waals surface area contributed by atoms with Crippen molar-refractivity contribution in [2.75, 3.05) is 6.61 Å². The van der Waals surface area contributed by atoms with E-state index < -0.39 is 12.1 Å². The zero-order chi connectivity index (χ0) is 43.5. The number of rotatable bonds is 46. The highest BCUT2D eigenvalue weighted by atomic mass is 16.3. The lowest BCUT2D eigenvalue weighted by Gasteiger charge is -2.19. The SMILES string of the molecule is CC/C=C\C/C=C\C/C=C\C/C=C\CCCCCCCCCCC(=O)NC(CO)C(O)/C=C/CC/C=C/CC/C=C/CCCCCCCCCCCCCCCCCCC. The third-order valence-corrected chi connectivity index (χ3v) is 11.3. The lowest BCUT2D eigenvalue weighted by Crippen LogP contribution is -2.45. The van der Waals surface area contributed by atoms with Gasteiger partial charge in [-0.2, -0.15) is 0 Å². The fourth-order valence-electron chi connectivity index (χ4n) is 7.44. The van der Waals surface area contributed by atoms with E-state index in [0.29, 0.717) is 6.42 Å². The lowest BCUT2D eigenvalue weighted by atomic mass is 10.0. The molecule has 0 bridgehead atoms. The number of carbonyl (C=O) groups is 1. The van der Waals surface area contributed by atoms with E-state index in [9.17, 15) is 15.0 Å². The Kier molecular flexibility index (Phi) is 48.9. The molecule has 2 atom stereocenters. The van der Waals surface area contributed by atoms with E-state index in [1.807, 2.05) is 6.08 Å². The van der Waals surface area contributed by atoms with Crippen molar-refractivity contribution < 1.29 is 15.0 Å². The molecule has 0 aliphatic rings. The highest BCUT2D eigenvalue weighted by Crippen LogP contribution is 2.15. The van der Waals surface area contributed by atoms with E-state index >= 15 is 0 Å². The van der Waals surface area contributed by atoms with Crippen LogP contribution >= 0.6 is 0 Å². The number of aliphatic hydroxyl groups excluding tert-OH is 2. The Hall–Kier alpha value is -2.43. The highest BCUT2D eigenvalue weighted by molar-refractivity contribution is 5.76. The van der Waals surface area contributed by atoms with Crippen LogP contribution in [-0.4, -0.2) is 34.9 Å². The predicted octanol–water partition coefficient (Wildman–Crippen LogP) is 16.8. The summed E-state index contributed by atoms with van der Waals surface area (Å²) in [6.07, 6.45) is 74.4. The lowest BCUT2D eigenvalue weighted by molar-refractivity contribution is -0.123. The van der Waals surface area contributed by atoms with Gasteiger partial charge in [0.25, 0.3) is 0 Å². The molecule has 4 nitrogen and oxygen atoms in total. The summed E-state index contributed by atoms with van der Waals surface area (Å²) >= 11 is 0. The molecule has 0 aromatic heterocycles. The molecule has 3 N–H and O–H groups in total. The Labute approximate surface area is 373 Å². The van der Waals surface area contributed by atoms with Crippen molar-refractivity contribution in [3.63, 3.8) is 0 Å². The van der Waals surface area contributed by atoms with Crippen molar-refractivity contribution in [3.05, 3.63) is 85.1 Å². The summed E-state index contributed by atoms with van der Waals surface area (Å²) in [5.74, 6) is -0.0884. The molecule has 2 unspecified atom stereocenters. The van der Waals surface area contributed by atoms with Crippen LogP contribution in [0.25, 0.3) is 0 Å². The van der Waals surface area contributed by atoms with Crippen LogP contribution in [0.1, 0.15) is 245 Å². The van der Waals surface area contributed by atoms with Crippen molar-refractivity contribution in [1.29, 1.82) is 0 Å². The van der Waals surface area contributed by atoms with Crippen LogP contribution in [0.2, 0.25) is 0 Å². The van der Waals surface area contributed by atoms with Gasteiger partial charge in [-0.05, 0) is 83.5 Å². The fourth-order valence-corrected chi connectivity index (χ4v) is 7.44. The average molecular weight is 834 g/mol. The molecule has 0 fully saturated rings. The maximum atomic E-state index is 12.4. The van der Waals surface area contributed by atoms with Gasteiger partial charge in [0.2, 0.25) is 5.91 Å². The van der Waals surface area contributed by atoms with E-state index in [4.69, 9.17) is 0 Å². The summed E-state index contributed by atoms with van der Waals surface area (Å²) in [7, 11) is 0. The molecule has 0 aliphatic carbocycles. The number of hydrogen-bond acceptors (Lipinski definition) is 3. The smallest absolute Gasteiger partial charge is 0.220 e. The zero-order valence-electron chi connectivity index (χ0n) is 39.7. The van der Waals surface area contributed by atoms with Crippen molar-refractivity contribution >= 4 is 5.91 Å². The molecule has 0 saturated heterocycles. The van der Waals surface area contributed by atoms with Gasteiger partial charge >= 0.3 is 0 Å². The molecule has 0 rings (SSSR count). The predicted molar refractivity (Wildman–Crippen MR) is 267 cm³/mol. The van der Waals surface area contributed by atoms with Crippen LogP contribution < -0.4 is 5.32 Å². The van der Waals surface area contributed by atoms with Crippen molar-refractivity contribution in [2.45, 2.75) is 257 Å². The van der Waals surface area contributed by atoms with Gasteiger partial charge in [0.1, 0.15) is 0 Å². The van der Waals surface area contributed by atoms with Crippen molar-refractivity contribution in [1.82, 2.24) is 5.32 Å². The van der Waals surface area contributed by atoms with Gasteiger partial charge in [0.15, 0.2) is 0 Å². The first kappa shape index (κ1) is 57.6. The monoisotopic (exact) mass is 834 g/mol. The number of hydrogen-bond donors (Lipinski definition) is 3. The summed E-state index contributed by atoms with van der Waals surface area (Å²) in [6, 6.07) is -0.656. The van der Waals surface area contributed by atoms with Crippen LogP contribution in [-0.2, 0) is 4.79 Å². The molecule has 0 aromatic rings. The summed E-state index contributed by atoms with van der Waals surface area (Å²) in [6.45, 7) is 4.19. The third-order valence-electron chi connectivity index (χ3n) is 11.3. The quantitative estimate of drug-likeness (QED) is 0.0423. The number of carbonyl (C=O) groups excluding carboxylic acids is 1. The first-order chi connectivity index (χ1) is 29.7. The van der Waals surface area contributed by atoms with Crippen LogP contribution in [0.3, 0.4) is 0 Å². The molecular formula is C56H99NO3. The summed E-state index contributed by atoms with van der Waals surface area (Å²) in [5, 5.41) is 23.1. The fraction of sp³-hybridized carbons (Fsp3) is 0.732. The molecule has 4 heteroatoms. The van der Waals surface area contributed by atoms with Gasteiger partial charge in [0.05, 0.1) is 18.8 Å². The second-order valence-electron chi connectivity index (χ2n) is 17.2. The largest absolute Gasteiger partial charge is 0.394 e. The maximum Gasteiger partial charge on any atom is 0.220 e. The number of aliphatic hydroxyl groups is 2. The Bertz CT molecular complexity index is 1080. The molecule has 346 valence electrons. The highest BCUT2D eigenvalue weighted by Gasteiger charge is 2.17. The first-order valence-corrected chi connectivity index (χ1v) is 25.8. The van der Waals surface area contributed by atoms with Crippen LogP contribution in [0.15, 0.2) is 85.1 Å². The molecule has 0 spiro atoms. The topological polar surface area (TPSA) is 69.6 Å². The van der Waals surface area contributed by atoms with E-state index in [1.54, 1.807) is 6.08 Å².